The molecule has 0 unspecified atom stereocenters. The Kier molecular flexibility index (Phi) is 3.29. The average molecular weight is 345 g/mol. The standard InChI is InChI=1S/C22H19NO3/c1-13-3-2-4-18(11-13)26-17-9-7-16(8-10-17)23-21(24)19-14-5-6-15(12-14)20(19)22(23)25/h2-11,14-15,19-20H,12H2,1H3/t14-,15-,19-,20-/m0/s1. The summed E-state index contributed by atoms with van der Waals surface area (Å²) in [5.74, 6) is 1.48. The summed E-state index contributed by atoms with van der Waals surface area (Å²) in [5, 5.41) is 0. The van der Waals surface area contributed by atoms with Crippen LogP contribution in [0.4, 0.5) is 5.69 Å². The van der Waals surface area contributed by atoms with Gasteiger partial charge in [-0.2, -0.15) is 0 Å². The number of aryl methyl sites for hydroxylation is 1. The van der Waals surface area contributed by atoms with Crippen molar-refractivity contribution in [3.63, 3.8) is 0 Å². The van der Waals surface area contributed by atoms with Crippen LogP contribution in [0.15, 0.2) is 60.7 Å². The predicted octanol–water partition coefficient (Wildman–Crippen LogP) is 4.10. The molecule has 4 atom stereocenters. The lowest BCUT2D eigenvalue weighted by Gasteiger charge is -2.17. The van der Waals surface area contributed by atoms with Crippen molar-refractivity contribution in [2.24, 2.45) is 23.7 Å². The van der Waals surface area contributed by atoms with Gasteiger partial charge in [0.15, 0.2) is 0 Å². The van der Waals surface area contributed by atoms with Crippen molar-refractivity contribution < 1.29 is 14.3 Å². The first-order valence-electron chi connectivity index (χ1n) is 9.02. The fourth-order valence-corrected chi connectivity index (χ4v) is 4.63. The predicted molar refractivity (Wildman–Crippen MR) is 97.9 cm³/mol. The molecule has 0 N–H and O–H groups in total. The Bertz CT molecular complexity index is 901. The summed E-state index contributed by atoms with van der Waals surface area (Å²) < 4.78 is 5.85. The smallest absolute Gasteiger partial charge is 0.238 e. The summed E-state index contributed by atoms with van der Waals surface area (Å²) >= 11 is 0. The number of benzene rings is 2. The molecule has 2 aromatic carbocycles. The molecule has 26 heavy (non-hydrogen) atoms. The van der Waals surface area contributed by atoms with Crippen molar-refractivity contribution in [1.29, 1.82) is 0 Å². The highest BCUT2D eigenvalue weighted by Crippen LogP contribution is 2.53. The number of ether oxygens (including phenoxy) is 1. The highest BCUT2D eigenvalue weighted by Gasteiger charge is 2.59. The van der Waals surface area contributed by atoms with Crippen molar-refractivity contribution >= 4 is 17.5 Å². The molecule has 2 bridgehead atoms. The number of carbonyl (C=O) groups is 2. The Labute approximate surface area is 152 Å². The highest BCUT2D eigenvalue weighted by atomic mass is 16.5. The lowest BCUT2D eigenvalue weighted by molar-refractivity contribution is -0.123. The molecule has 5 rings (SSSR count). The van der Waals surface area contributed by atoms with Crippen LogP contribution in [0.3, 0.4) is 0 Å². The zero-order valence-corrected chi connectivity index (χ0v) is 14.5. The van der Waals surface area contributed by atoms with E-state index in [1.165, 1.54) is 4.90 Å². The van der Waals surface area contributed by atoms with E-state index in [1.54, 1.807) is 24.3 Å². The topological polar surface area (TPSA) is 46.6 Å². The van der Waals surface area contributed by atoms with E-state index in [0.717, 1.165) is 17.7 Å². The molecule has 130 valence electrons. The number of hydrogen-bond acceptors (Lipinski definition) is 3. The first-order valence-corrected chi connectivity index (χ1v) is 9.02. The quantitative estimate of drug-likeness (QED) is 0.621. The van der Waals surface area contributed by atoms with Gasteiger partial charge in [0.05, 0.1) is 17.5 Å². The summed E-state index contributed by atoms with van der Waals surface area (Å²) in [5.41, 5.74) is 1.76. The van der Waals surface area contributed by atoms with Crippen molar-refractivity contribution in [2.45, 2.75) is 13.3 Å². The minimum absolute atomic E-state index is 0.0517. The normalized spacial score (nSPS) is 28.7. The van der Waals surface area contributed by atoms with E-state index in [4.69, 9.17) is 4.74 Å². The molecule has 1 saturated carbocycles. The van der Waals surface area contributed by atoms with Crippen molar-refractivity contribution in [1.82, 2.24) is 0 Å². The third kappa shape index (κ3) is 2.22. The maximum Gasteiger partial charge on any atom is 0.238 e. The molecule has 2 aliphatic carbocycles. The van der Waals surface area contributed by atoms with Gasteiger partial charge in [0, 0.05) is 0 Å². The van der Waals surface area contributed by atoms with Crippen LogP contribution in [-0.4, -0.2) is 11.8 Å². The van der Waals surface area contributed by atoms with Crippen LogP contribution in [0.1, 0.15) is 12.0 Å². The van der Waals surface area contributed by atoms with Gasteiger partial charge >= 0.3 is 0 Å². The zero-order chi connectivity index (χ0) is 17.8. The van der Waals surface area contributed by atoms with Crippen molar-refractivity contribution in [3.8, 4) is 11.5 Å². The number of amides is 2. The number of anilines is 1. The van der Waals surface area contributed by atoms with E-state index in [1.807, 2.05) is 31.2 Å². The third-order valence-electron chi connectivity index (χ3n) is 5.79. The average Bonchev–Trinajstić information content (AvgIpc) is 3.30. The highest BCUT2D eigenvalue weighted by molar-refractivity contribution is 6.22. The maximum atomic E-state index is 12.8. The lowest BCUT2D eigenvalue weighted by Crippen LogP contribution is -2.32. The molecule has 2 aromatic rings. The Balaban J connectivity index is 1.38. The summed E-state index contributed by atoms with van der Waals surface area (Å²) in [7, 11) is 0. The molecule has 2 fully saturated rings. The van der Waals surface area contributed by atoms with Gasteiger partial charge in [-0.3, -0.25) is 14.5 Å². The Hall–Kier alpha value is -2.88. The Morgan fingerprint density at radius 2 is 1.54 bits per heavy atom. The number of allylic oxidation sites excluding steroid dienone is 2. The van der Waals surface area contributed by atoms with Crippen LogP contribution in [0.25, 0.3) is 0 Å². The number of imide groups is 1. The van der Waals surface area contributed by atoms with Gasteiger partial charge in [-0.05, 0) is 67.1 Å². The van der Waals surface area contributed by atoms with E-state index in [9.17, 15) is 9.59 Å². The van der Waals surface area contributed by atoms with Gasteiger partial charge in [0.1, 0.15) is 11.5 Å². The number of nitrogens with zero attached hydrogens (tertiary/aromatic N) is 1. The maximum absolute atomic E-state index is 12.8. The van der Waals surface area contributed by atoms with Gasteiger partial charge in [0.25, 0.3) is 0 Å². The van der Waals surface area contributed by atoms with E-state index < -0.39 is 0 Å². The molecule has 2 amide bonds. The van der Waals surface area contributed by atoms with Crippen molar-refractivity contribution in [3.05, 3.63) is 66.2 Å². The molecule has 1 saturated heterocycles. The monoisotopic (exact) mass is 345 g/mol. The molecular formula is C22H19NO3. The number of hydrogen-bond donors (Lipinski definition) is 0. The minimum Gasteiger partial charge on any atom is -0.457 e. The van der Waals surface area contributed by atoms with E-state index in [0.29, 0.717) is 11.4 Å². The molecule has 0 radical (unpaired) electrons. The number of rotatable bonds is 3. The van der Waals surface area contributed by atoms with Gasteiger partial charge in [-0.25, -0.2) is 0 Å². The second kappa shape index (κ2) is 5.56. The van der Waals surface area contributed by atoms with Crippen LogP contribution in [0.5, 0.6) is 11.5 Å². The summed E-state index contributed by atoms with van der Waals surface area (Å²) in [4.78, 5) is 27.1. The molecule has 4 heteroatoms. The largest absolute Gasteiger partial charge is 0.457 e. The second-order valence-electron chi connectivity index (χ2n) is 7.42. The fourth-order valence-electron chi connectivity index (χ4n) is 4.63. The van der Waals surface area contributed by atoms with E-state index in [-0.39, 0.29) is 35.5 Å². The van der Waals surface area contributed by atoms with Crippen LogP contribution >= 0.6 is 0 Å². The molecule has 0 spiro atoms. The molecular weight excluding hydrogens is 326 g/mol. The van der Waals surface area contributed by atoms with Crippen LogP contribution in [-0.2, 0) is 9.59 Å². The second-order valence-corrected chi connectivity index (χ2v) is 7.42. The van der Waals surface area contributed by atoms with Crippen LogP contribution in [0, 0.1) is 30.6 Å². The van der Waals surface area contributed by atoms with Gasteiger partial charge < -0.3 is 4.74 Å². The fraction of sp³-hybridized carbons (Fsp3) is 0.273. The van der Waals surface area contributed by atoms with Gasteiger partial charge in [0.2, 0.25) is 11.8 Å². The van der Waals surface area contributed by atoms with Crippen LogP contribution in [0.2, 0.25) is 0 Å². The first-order chi connectivity index (χ1) is 12.6. The van der Waals surface area contributed by atoms with E-state index >= 15 is 0 Å². The molecule has 1 heterocycles. The Morgan fingerprint density at radius 1 is 0.885 bits per heavy atom. The lowest BCUT2D eigenvalue weighted by atomic mass is 9.85. The Morgan fingerprint density at radius 3 is 2.15 bits per heavy atom. The van der Waals surface area contributed by atoms with Crippen LogP contribution < -0.4 is 9.64 Å². The third-order valence-corrected chi connectivity index (χ3v) is 5.79. The summed E-state index contributed by atoms with van der Waals surface area (Å²) in [6.07, 6.45) is 5.17. The minimum atomic E-state index is -0.166. The zero-order valence-electron chi connectivity index (χ0n) is 14.5. The SMILES string of the molecule is Cc1cccc(Oc2ccc(N3C(=O)[C@@H]4[C@@H](C3=O)[C@H]3C=C[C@H]4C3)cc2)c1. The van der Waals surface area contributed by atoms with Crippen molar-refractivity contribution in [2.75, 3.05) is 4.90 Å². The molecule has 0 aromatic heterocycles. The number of carbonyl (C=O) groups excluding carboxylic acids is 2. The molecule has 1 aliphatic heterocycles. The summed E-state index contributed by atoms with van der Waals surface area (Å²) in [6.45, 7) is 2.01. The number of fused-ring (bicyclic) bond motifs is 5. The molecule has 3 aliphatic rings. The first kappa shape index (κ1) is 15.4. The summed E-state index contributed by atoms with van der Waals surface area (Å²) in [6, 6.07) is 15.0. The van der Waals surface area contributed by atoms with Gasteiger partial charge in [-0.15, -0.1) is 0 Å². The van der Waals surface area contributed by atoms with E-state index in [2.05, 4.69) is 12.2 Å². The van der Waals surface area contributed by atoms with Gasteiger partial charge in [-0.1, -0.05) is 24.3 Å². The molecule has 4 nitrogen and oxygen atoms in total.